The normalized spacial score (nSPS) is 25.4. The molecule has 0 N–H and O–H groups in total. The summed E-state index contributed by atoms with van der Waals surface area (Å²) in [6, 6.07) is 21.1. The summed E-state index contributed by atoms with van der Waals surface area (Å²) >= 11 is 0. The van der Waals surface area contributed by atoms with Crippen molar-refractivity contribution in [2.45, 2.75) is 50.7 Å². The molecule has 1 aliphatic carbocycles. The summed E-state index contributed by atoms with van der Waals surface area (Å²) in [5.74, 6) is 0. The van der Waals surface area contributed by atoms with E-state index in [1.165, 1.54) is 37.1 Å². The van der Waals surface area contributed by atoms with Crippen LogP contribution < -0.4 is 0 Å². The second kappa shape index (κ2) is 6.59. The lowest BCUT2D eigenvalue weighted by Crippen LogP contribution is -2.48. The molecule has 1 heterocycles. The largest absolute Gasteiger partial charge is 0.296 e. The molecule has 0 amide bonds. The molecular formula is C23H30N2. The second-order valence-electron chi connectivity index (χ2n) is 8.34. The van der Waals surface area contributed by atoms with E-state index in [1.807, 2.05) is 0 Å². The van der Waals surface area contributed by atoms with Gasteiger partial charge >= 0.3 is 0 Å². The first-order valence-corrected chi connectivity index (χ1v) is 9.66. The van der Waals surface area contributed by atoms with Crippen molar-refractivity contribution in [2.75, 3.05) is 20.1 Å². The van der Waals surface area contributed by atoms with Gasteiger partial charge in [-0.15, -0.1) is 0 Å². The third-order valence-electron chi connectivity index (χ3n) is 6.30. The second-order valence-corrected chi connectivity index (χ2v) is 8.34. The predicted octanol–water partition coefficient (Wildman–Crippen LogP) is 4.62. The average molecular weight is 335 g/mol. The Hall–Kier alpha value is -1.64. The van der Waals surface area contributed by atoms with Crippen molar-refractivity contribution < 1.29 is 0 Å². The number of benzene rings is 2. The number of fused-ring (bicyclic) bond motifs is 1. The third-order valence-corrected chi connectivity index (χ3v) is 6.30. The maximum absolute atomic E-state index is 2.74. The molecule has 2 nitrogen and oxygen atoms in total. The van der Waals surface area contributed by atoms with Gasteiger partial charge in [-0.1, -0.05) is 68.4 Å². The molecule has 2 aromatic carbocycles. The highest BCUT2D eigenvalue weighted by Gasteiger charge is 2.50. The lowest BCUT2D eigenvalue weighted by molar-refractivity contribution is 0.0776. The van der Waals surface area contributed by atoms with E-state index in [2.05, 4.69) is 85.3 Å². The zero-order chi connectivity index (χ0) is 17.4. The molecule has 2 heteroatoms. The van der Waals surface area contributed by atoms with Crippen molar-refractivity contribution in [3.05, 3.63) is 71.3 Å². The highest BCUT2D eigenvalue weighted by Crippen LogP contribution is 2.50. The van der Waals surface area contributed by atoms with Gasteiger partial charge in [-0.25, -0.2) is 0 Å². The van der Waals surface area contributed by atoms with Gasteiger partial charge < -0.3 is 0 Å². The Labute approximate surface area is 152 Å². The summed E-state index contributed by atoms with van der Waals surface area (Å²) in [7, 11) is 2.31. The molecule has 2 unspecified atom stereocenters. The maximum atomic E-state index is 2.74. The van der Waals surface area contributed by atoms with E-state index >= 15 is 0 Å². The average Bonchev–Trinajstić information content (AvgIpc) is 3.21. The Balaban J connectivity index is 1.70. The predicted molar refractivity (Wildman–Crippen MR) is 105 cm³/mol. The third kappa shape index (κ3) is 2.92. The minimum atomic E-state index is 0.160. The number of likely N-dealkylation sites (N-methyl/N-ethyl adjacent to an activating group) is 1. The number of likely N-dealkylation sites (tertiary alicyclic amines) is 1. The Morgan fingerprint density at radius 3 is 2.32 bits per heavy atom. The fourth-order valence-corrected chi connectivity index (χ4v) is 5.24. The summed E-state index contributed by atoms with van der Waals surface area (Å²) in [5.41, 5.74) is 4.65. The Kier molecular flexibility index (Phi) is 4.43. The van der Waals surface area contributed by atoms with Crippen LogP contribution in [0.5, 0.6) is 0 Å². The molecule has 132 valence electrons. The first kappa shape index (κ1) is 16.8. The summed E-state index contributed by atoms with van der Waals surface area (Å²) in [6.07, 6.45) is 2.68. The van der Waals surface area contributed by atoms with Crippen molar-refractivity contribution in [3.8, 4) is 0 Å². The Morgan fingerprint density at radius 2 is 1.60 bits per heavy atom. The summed E-state index contributed by atoms with van der Waals surface area (Å²) < 4.78 is 0. The number of rotatable bonds is 4. The first-order chi connectivity index (χ1) is 12.1. The molecule has 2 aliphatic rings. The molecule has 2 aromatic rings. The van der Waals surface area contributed by atoms with Crippen LogP contribution in [0.25, 0.3) is 0 Å². The lowest BCUT2D eigenvalue weighted by atomic mass is 9.81. The van der Waals surface area contributed by atoms with Gasteiger partial charge in [0.15, 0.2) is 0 Å². The van der Waals surface area contributed by atoms with Crippen LogP contribution in [0.2, 0.25) is 0 Å². The lowest BCUT2D eigenvalue weighted by Gasteiger charge is -2.42. The van der Waals surface area contributed by atoms with Crippen molar-refractivity contribution in [1.29, 1.82) is 0 Å². The molecule has 0 spiro atoms. The van der Waals surface area contributed by atoms with Gasteiger partial charge in [-0.05, 0) is 49.7 Å². The van der Waals surface area contributed by atoms with Gasteiger partial charge in [0.1, 0.15) is 0 Å². The Bertz CT molecular complexity index is 716. The molecule has 1 saturated heterocycles. The van der Waals surface area contributed by atoms with Crippen LogP contribution in [-0.2, 0) is 12.0 Å². The van der Waals surface area contributed by atoms with Crippen LogP contribution in [0.15, 0.2) is 54.6 Å². The SMILES string of the molecule is CN(Cc1ccccc1)C1C(N2CCCC2)c2ccccc2C1(C)C. The minimum absolute atomic E-state index is 0.160. The molecule has 0 bridgehead atoms. The van der Waals surface area contributed by atoms with E-state index in [-0.39, 0.29) is 5.41 Å². The van der Waals surface area contributed by atoms with E-state index in [9.17, 15) is 0 Å². The zero-order valence-electron chi connectivity index (χ0n) is 15.8. The van der Waals surface area contributed by atoms with Gasteiger partial charge in [0.05, 0.1) is 6.04 Å². The first-order valence-electron chi connectivity index (χ1n) is 9.66. The van der Waals surface area contributed by atoms with Gasteiger partial charge in [0, 0.05) is 18.0 Å². The van der Waals surface area contributed by atoms with Gasteiger partial charge in [0.2, 0.25) is 0 Å². The molecule has 0 saturated carbocycles. The van der Waals surface area contributed by atoms with Crippen LogP contribution in [0, 0.1) is 0 Å². The van der Waals surface area contributed by atoms with E-state index < -0.39 is 0 Å². The molecule has 4 rings (SSSR count). The van der Waals surface area contributed by atoms with E-state index in [4.69, 9.17) is 0 Å². The van der Waals surface area contributed by atoms with Crippen molar-refractivity contribution in [3.63, 3.8) is 0 Å². The molecule has 1 fully saturated rings. The van der Waals surface area contributed by atoms with Gasteiger partial charge in [-0.2, -0.15) is 0 Å². The summed E-state index contributed by atoms with van der Waals surface area (Å²) in [4.78, 5) is 5.33. The van der Waals surface area contributed by atoms with Crippen LogP contribution >= 0.6 is 0 Å². The smallest absolute Gasteiger partial charge is 0.0514 e. The fourth-order valence-electron chi connectivity index (χ4n) is 5.24. The van der Waals surface area contributed by atoms with Crippen molar-refractivity contribution in [1.82, 2.24) is 9.80 Å². The van der Waals surface area contributed by atoms with E-state index in [1.54, 1.807) is 5.56 Å². The van der Waals surface area contributed by atoms with Gasteiger partial charge in [0.25, 0.3) is 0 Å². The van der Waals surface area contributed by atoms with Crippen LogP contribution in [-0.4, -0.2) is 36.0 Å². The molecule has 2 atom stereocenters. The topological polar surface area (TPSA) is 6.48 Å². The highest BCUT2D eigenvalue weighted by molar-refractivity contribution is 5.45. The van der Waals surface area contributed by atoms with Crippen molar-refractivity contribution in [2.24, 2.45) is 0 Å². The Morgan fingerprint density at radius 1 is 0.960 bits per heavy atom. The molecular weight excluding hydrogens is 304 g/mol. The van der Waals surface area contributed by atoms with Crippen LogP contribution in [0.3, 0.4) is 0 Å². The van der Waals surface area contributed by atoms with Crippen LogP contribution in [0.4, 0.5) is 0 Å². The van der Waals surface area contributed by atoms with Crippen LogP contribution in [0.1, 0.15) is 49.4 Å². The summed E-state index contributed by atoms with van der Waals surface area (Å²) in [5, 5.41) is 0. The summed E-state index contributed by atoms with van der Waals surface area (Å²) in [6.45, 7) is 8.37. The maximum Gasteiger partial charge on any atom is 0.0514 e. The molecule has 0 radical (unpaired) electrons. The van der Waals surface area contributed by atoms with Crippen molar-refractivity contribution >= 4 is 0 Å². The monoisotopic (exact) mass is 334 g/mol. The molecule has 25 heavy (non-hydrogen) atoms. The zero-order valence-corrected chi connectivity index (χ0v) is 15.8. The minimum Gasteiger partial charge on any atom is -0.296 e. The quantitative estimate of drug-likeness (QED) is 0.805. The standard InChI is InChI=1S/C23H30N2/c1-23(2)20-14-8-7-13-19(20)21(25-15-9-10-16-25)22(23)24(3)17-18-11-5-4-6-12-18/h4-8,11-14,21-22H,9-10,15-17H2,1-3H3. The number of hydrogen-bond donors (Lipinski definition) is 0. The molecule has 0 aromatic heterocycles. The van der Waals surface area contributed by atoms with E-state index in [0.29, 0.717) is 12.1 Å². The highest BCUT2D eigenvalue weighted by atomic mass is 15.3. The van der Waals surface area contributed by atoms with E-state index in [0.717, 1.165) is 6.54 Å². The number of nitrogens with zero attached hydrogens (tertiary/aromatic N) is 2. The fraction of sp³-hybridized carbons (Fsp3) is 0.478. The molecule has 1 aliphatic heterocycles. The number of hydrogen-bond acceptors (Lipinski definition) is 2. The van der Waals surface area contributed by atoms with Gasteiger partial charge in [-0.3, -0.25) is 9.80 Å².